The quantitative estimate of drug-likeness (QED) is 0.353. The zero-order chi connectivity index (χ0) is 26.7. The lowest BCUT2D eigenvalue weighted by Crippen LogP contribution is -2.66. The van der Waals surface area contributed by atoms with E-state index in [0.29, 0.717) is 43.2 Å². The fourth-order valence-electron chi connectivity index (χ4n) is 7.70. The van der Waals surface area contributed by atoms with Crippen LogP contribution < -0.4 is 26.6 Å². The minimum atomic E-state index is -4.13. The molecule has 10 atom stereocenters. The second-order valence-corrected chi connectivity index (χ2v) is 12.7. The molecule has 5 rings (SSSR count). The van der Waals surface area contributed by atoms with Crippen molar-refractivity contribution in [3.63, 3.8) is 0 Å². The van der Waals surface area contributed by atoms with E-state index in [1.54, 1.807) is 0 Å². The van der Waals surface area contributed by atoms with Gasteiger partial charge in [-0.15, -0.1) is 0 Å². The van der Waals surface area contributed by atoms with Crippen molar-refractivity contribution in [2.45, 2.75) is 127 Å². The number of amides is 1. The van der Waals surface area contributed by atoms with Gasteiger partial charge in [-0.3, -0.25) is 20.7 Å². The summed E-state index contributed by atoms with van der Waals surface area (Å²) in [5.74, 6) is -0.222. The highest BCUT2D eigenvalue weighted by Crippen LogP contribution is 2.43. The van der Waals surface area contributed by atoms with Crippen molar-refractivity contribution in [3.05, 3.63) is 0 Å². The van der Waals surface area contributed by atoms with Crippen LogP contribution in [-0.4, -0.2) is 68.3 Å². The monoisotopic (exact) mass is 543 g/mol. The first-order valence-corrected chi connectivity index (χ1v) is 15.2. The lowest BCUT2D eigenvalue weighted by atomic mass is 9.78. The third-order valence-corrected chi connectivity index (χ3v) is 10.1. The number of hydrogen-bond acceptors (Lipinski definition) is 6. The molecule has 0 spiro atoms. The van der Waals surface area contributed by atoms with Crippen LogP contribution in [-0.2, 0) is 9.53 Å². The Bertz CT molecular complexity index is 780. The van der Waals surface area contributed by atoms with Crippen LogP contribution in [0.25, 0.3) is 0 Å². The van der Waals surface area contributed by atoms with Crippen LogP contribution in [0.4, 0.5) is 13.2 Å². The third kappa shape index (κ3) is 7.22. The van der Waals surface area contributed by atoms with Gasteiger partial charge in [-0.1, -0.05) is 13.3 Å². The minimum Gasteiger partial charge on any atom is -0.365 e. The van der Waals surface area contributed by atoms with E-state index in [0.717, 1.165) is 51.7 Å². The van der Waals surface area contributed by atoms with E-state index in [-0.39, 0.29) is 43.1 Å². The molecule has 5 fully saturated rings. The summed E-state index contributed by atoms with van der Waals surface area (Å²) in [5, 5.41) is 18.0. The maximum absolute atomic E-state index is 13.3. The third-order valence-electron chi connectivity index (χ3n) is 10.1. The minimum absolute atomic E-state index is 0.0764. The molecular formula is C28H48F3N5O2. The van der Waals surface area contributed by atoms with Crippen LogP contribution >= 0.6 is 0 Å². The number of carbonyl (C=O) groups is 1. The van der Waals surface area contributed by atoms with E-state index in [9.17, 15) is 18.0 Å². The smallest absolute Gasteiger partial charge is 0.365 e. The van der Waals surface area contributed by atoms with Crippen LogP contribution in [0.15, 0.2) is 0 Å². The summed E-state index contributed by atoms with van der Waals surface area (Å²) in [6.07, 6.45) is 4.68. The molecule has 0 radical (unpaired) electrons. The highest BCUT2D eigenvalue weighted by Gasteiger charge is 2.46. The van der Waals surface area contributed by atoms with Gasteiger partial charge < -0.3 is 15.4 Å². The second-order valence-electron chi connectivity index (χ2n) is 12.7. The number of piperidine rings is 1. The predicted molar refractivity (Wildman–Crippen MR) is 140 cm³/mol. The Balaban J connectivity index is 1.08. The molecule has 2 saturated carbocycles. The number of hydrogen-bond donors (Lipinski definition) is 5. The van der Waals surface area contributed by atoms with Crippen LogP contribution in [0.1, 0.15) is 84.0 Å². The summed E-state index contributed by atoms with van der Waals surface area (Å²) < 4.78 is 45.9. The lowest BCUT2D eigenvalue weighted by Gasteiger charge is -2.42. The first kappa shape index (κ1) is 28.6. The van der Waals surface area contributed by atoms with Gasteiger partial charge in [0.2, 0.25) is 5.91 Å². The molecule has 5 aliphatic rings. The largest absolute Gasteiger partial charge is 0.391 e. The molecule has 3 aliphatic heterocycles. The number of rotatable bonds is 6. The normalized spacial score (nSPS) is 43.1. The molecule has 218 valence electrons. The Kier molecular flexibility index (Phi) is 9.56. The van der Waals surface area contributed by atoms with Crippen molar-refractivity contribution >= 4 is 5.91 Å². The molecule has 10 unspecified atom stereocenters. The number of nitrogens with one attached hydrogen (secondary N) is 5. The lowest BCUT2D eigenvalue weighted by molar-refractivity contribution is -0.189. The maximum Gasteiger partial charge on any atom is 0.391 e. The average molecular weight is 544 g/mol. The van der Waals surface area contributed by atoms with Gasteiger partial charge in [0.1, 0.15) is 12.4 Å². The number of carbonyl (C=O) groups excluding carboxylic acids is 1. The van der Waals surface area contributed by atoms with Crippen molar-refractivity contribution in [1.82, 2.24) is 26.6 Å². The molecule has 3 saturated heterocycles. The molecule has 7 nitrogen and oxygen atoms in total. The molecular weight excluding hydrogens is 495 g/mol. The van der Waals surface area contributed by atoms with Gasteiger partial charge in [0.25, 0.3) is 0 Å². The van der Waals surface area contributed by atoms with E-state index >= 15 is 0 Å². The maximum atomic E-state index is 13.3. The Morgan fingerprint density at radius 3 is 2.55 bits per heavy atom. The first-order chi connectivity index (χ1) is 18.3. The van der Waals surface area contributed by atoms with Gasteiger partial charge in [0.15, 0.2) is 0 Å². The highest BCUT2D eigenvalue weighted by atomic mass is 19.4. The van der Waals surface area contributed by atoms with Gasteiger partial charge >= 0.3 is 6.18 Å². The van der Waals surface area contributed by atoms with Crippen molar-refractivity contribution in [1.29, 1.82) is 0 Å². The fourth-order valence-corrected chi connectivity index (χ4v) is 7.70. The second kappa shape index (κ2) is 12.7. The van der Waals surface area contributed by atoms with E-state index in [1.165, 1.54) is 12.8 Å². The van der Waals surface area contributed by atoms with Gasteiger partial charge in [-0.25, -0.2) is 0 Å². The molecule has 1 amide bonds. The van der Waals surface area contributed by atoms with E-state index in [1.807, 2.05) is 0 Å². The van der Waals surface area contributed by atoms with Gasteiger partial charge in [-0.05, 0) is 108 Å². The topological polar surface area (TPSA) is 86.5 Å². The van der Waals surface area contributed by atoms with Crippen molar-refractivity contribution in [3.8, 4) is 0 Å². The molecule has 0 aromatic heterocycles. The molecule has 10 heteroatoms. The van der Waals surface area contributed by atoms with Crippen molar-refractivity contribution in [2.24, 2.45) is 23.7 Å². The van der Waals surface area contributed by atoms with Crippen LogP contribution in [0.2, 0.25) is 0 Å². The van der Waals surface area contributed by atoms with Gasteiger partial charge in [-0.2, -0.15) is 13.2 Å². The summed E-state index contributed by atoms with van der Waals surface area (Å²) >= 11 is 0. The molecule has 38 heavy (non-hydrogen) atoms. The molecule has 0 bridgehead atoms. The molecule has 5 N–H and O–H groups in total. The highest BCUT2D eigenvalue weighted by molar-refractivity contribution is 5.81. The van der Waals surface area contributed by atoms with Gasteiger partial charge in [0, 0.05) is 18.1 Å². The molecule has 3 heterocycles. The van der Waals surface area contributed by atoms with E-state index in [2.05, 4.69) is 33.5 Å². The van der Waals surface area contributed by atoms with Gasteiger partial charge in [0.05, 0.1) is 12.0 Å². The average Bonchev–Trinajstić information content (AvgIpc) is 3.42. The molecule has 0 aromatic rings. The molecule has 0 aromatic carbocycles. The summed E-state index contributed by atoms with van der Waals surface area (Å²) in [5.41, 5.74) is 0. The zero-order valence-electron chi connectivity index (χ0n) is 22.8. The Morgan fingerprint density at radius 1 is 0.921 bits per heavy atom. The van der Waals surface area contributed by atoms with Crippen molar-refractivity contribution in [2.75, 3.05) is 19.6 Å². The summed E-state index contributed by atoms with van der Waals surface area (Å²) in [6.45, 7) is 5.50. The summed E-state index contributed by atoms with van der Waals surface area (Å²) in [7, 11) is 0. The standard InChI is InChI=1S/C28H48F3N5O2/c1-17-7-8-21(15-23(17)36-27-33-13-11-22(35-27)19-5-3-12-32-16-19)34-26(37)25-10-9-24(38-25)18-4-2-6-20(14-18)28(29,30)31/h17-25,27,32-33,35-36H,2-16H2,1H3,(H,34,37). The number of ether oxygens (including phenoxy) is 1. The van der Waals surface area contributed by atoms with Crippen LogP contribution in [0.3, 0.4) is 0 Å². The Morgan fingerprint density at radius 2 is 1.76 bits per heavy atom. The SMILES string of the molecule is CC1CCC(NC(=O)C2CCC(C3CCCC(C(F)(F)F)C3)O2)CC1NC1NCCC(C2CCCNC2)N1. The van der Waals surface area contributed by atoms with Crippen molar-refractivity contribution < 1.29 is 22.7 Å². The Labute approximate surface area is 225 Å². The zero-order valence-corrected chi connectivity index (χ0v) is 22.8. The summed E-state index contributed by atoms with van der Waals surface area (Å²) in [4.78, 5) is 13.1. The fraction of sp³-hybridized carbons (Fsp3) is 0.964. The summed E-state index contributed by atoms with van der Waals surface area (Å²) in [6, 6.07) is 0.894. The van der Waals surface area contributed by atoms with E-state index in [4.69, 9.17) is 4.74 Å². The number of alkyl halides is 3. The predicted octanol–water partition coefficient (Wildman–Crippen LogP) is 3.40. The first-order valence-electron chi connectivity index (χ1n) is 15.2. The van der Waals surface area contributed by atoms with E-state index < -0.39 is 18.2 Å². The van der Waals surface area contributed by atoms with Crippen LogP contribution in [0.5, 0.6) is 0 Å². The number of halogens is 3. The Hall–Kier alpha value is -0.940. The van der Waals surface area contributed by atoms with Crippen LogP contribution in [0, 0.1) is 23.7 Å². The molecule has 2 aliphatic carbocycles.